The van der Waals surface area contributed by atoms with Gasteiger partial charge >= 0.3 is 19.8 Å². The topological polar surface area (TPSA) is 134 Å². The Balaban J connectivity index is 3.95. The highest BCUT2D eigenvalue weighted by molar-refractivity contribution is 7.47. The summed E-state index contributed by atoms with van der Waals surface area (Å²) in [5.41, 5.74) is 5.37. The first-order chi connectivity index (χ1) is 30.3. The van der Waals surface area contributed by atoms with Gasteiger partial charge in [-0.1, -0.05) is 264 Å². The number of unbranched alkanes of at least 4 members (excludes halogenated alkanes) is 39. The van der Waals surface area contributed by atoms with Gasteiger partial charge in [0.2, 0.25) is 0 Å². The van der Waals surface area contributed by atoms with E-state index in [1.165, 1.54) is 225 Å². The van der Waals surface area contributed by atoms with Crippen molar-refractivity contribution in [2.45, 2.75) is 296 Å². The maximum absolute atomic E-state index is 12.7. The van der Waals surface area contributed by atoms with E-state index >= 15 is 0 Å². The van der Waals surface area contributed by atoms with Crippen LogP contribution in [0.2, 0.25) is 0 Å². The molecule has 10 heteroatoms. The lowest BCUT2D eigenvalue weighted by Crippen LogP contribution is -2.29. The van der Waals surface area contributed by atoms with E-state index in [1.807, 2.05) is 0 Å². The molecule has 0 spiro atoms. The molecular formula is C52H104NO8P. The van der Waals surface area contributed by atoms with Crippen LogP contribution in [-0.4, -0.2) is 49.3 Å². The summed E-state index contributed by atoms with van der Waals surface area (Å²) in [4.78, 5) is 35.1. The molecule has 0 aromatic rings. The van der Waals surface area contributed by atoms with Crippen molar-refractivity contribution in [3.63, 3.8) is 0 Å². The second-order valence-electron chi connectivity index (χ2n) is 18.5. The van der Waals surface area contributed by atoms with Crippen LogP contribution in [0.15, 0.2) is 0 Å². The maximum Gasteiger partial charge on any atom is 0.472 e. The second kappa shape index (κ2) is 49.4. The molecule has 0 aliphatic rings. The number of carbonyl (C=O) groups is 2. The van der Waals surface area contributed by atoms with Crippen LogP contribution >= 0.6 is 7.82 Å². The van der Waals surface area contributed by atoms with Gasteiger partial charge in [0.15, 0.2) is 6.10 Å². The third-order valence-electron chi connectivity index (χ3n) is 12.2. The van der Waals surface area contributed by atoms with Gasteiger partial charge in [-0.05, 0) is 12.8 Å². The lowest BCUT2D eigenvalue weighted by atomic mass is 10.0. The molecule has 0 bridgehead atoms. The van der Waals surface area contributed by atoms with Crippen LogP contribution in [0.1, 0.15) is 290 Å². The third kappa shape index (κ3) is 48.5. The SMILES string of the molecule is CCCCCCCCCCCCCCCCCCCCCCCCC(=O)OC[C@H](COP(=O)(O)OCCN)OC(=O)CCCCCCCCCCCCCCCCCCCCC. The second-order valence-corrected chi connectivity index (χ2v) is 19.9. The fraction of sp³-hybridized carbons (Fsp3) is 0.962. The summed E-state index contributed by atoms with van der Waals surface area (Å²) in [6.45, 7) is 3.81. The molecule has 0 aromatic heterocycles. The maximum atomic E-state index is 12.7. The highest BCUT2D eigenvalue weighted by Gasteiger charge is 2.26. The van der Waals surface area contributed by atoms with E-state index in [1.54, 1.807) is 0 Å². The average Bonchev–Trinajstić information content (AvgIpc) is 3.26. The monoisotopic (exact) mass is 902 g/mol. The predicted molar refractivity (Wildman–Crippen MR) is 262 cm³/mol. The summed E-state index contributed by atoms with van der Waals surface area (Å²) >= 11 is 0. The minimum atomic E-state index is -4.38. The number of phosphoric ester groups is 1. The molecule has 3 N–H and O–H groups in total. The molecule has 0 amide bonds. The van der Waals surface area contributed by atoms with Crippen LogP contribution in [0, 0.1) is 0 Å². The molecule has 0 aliphatic carbocycles. The number of ether oxygens (including phenoxy) is 2. The van der Waals surface area contributed by atoms with Crippen LogP contribution < -0.4 is 5.73 Å². The van der Waals surface area contributed by atoms with Crippen LogP contribution in [0.5, 0.6) is 0 Å². The van der Waals surface area contributed by atoms with Gasteiger partial charge < -0.3 is 20.1 Å². The summed E-state index contributed by atoms with van der Waals surface area (Å²) in [5, 5.41) is 0. The van der Waals surface area contributed by atoms with Crippen LogP contribution in [0.25, 0.3) is 0 Å². The molecule has 0 aliphatic heterocycles. The molecule has 370 valence electrons. The summed E-state index contributed by atoms with van der Waals surface area (Å²) in [5.74, 6) is -0.804. The van der Waals surface area contributed by atoms with Crippen LogP contribution in [-0.2, 0) is 32.7 Å². The number of esters is 2. The van der Waals surface area contributed by atoms with Crippen molar-refractivity contribution in [2.75, 3.05) is 26.4 Å². The molecular weight excluding hydrogens is 798 g/mol. The molecule has 0 saturated carbocycles. The molecule has 9 nitrogen and oxygen atoms in total. The van der Waals surface area contributed by atoms with E-state index in [0.29, 0.717) is 6.42 Å². The van der Waals surface area contributed by atoms with Crippen molar-refractivity contribution >= 4 is 19.8 Å². The Labute approximate surface area is 384 Å². The number of hydrogen-bond donors (Lipinski definition) is 2. The number of nitrogens with two attached hydrogens (primary N) is 1. The van der Waals surface area contributed by atoms with Crippen molar-refractivity contribution in [3.05, 3.63) is 0 Å². The van der Waals surface area contributed by atoms with E-state index in [0.717, 1.165) is 32.1 Å². The Hall–Kier alpha value is -0.990. The number of phosphoric acid groups is 1. The van der Waals surface area contributed by atoms with E-state index in [9.17, 15) is 19.0 Å². The van der Waals surface area contributed by atoms with Crippen molar-refractivity contribution < 1.29 is 37.6 Å². The van der Waals surface area contributed by atoms with E-state index in [-0.39, 0.29) is 38.6 Å². The Morgan fingerprint density at radius 3 is 0.984 bits per heavy atom. The molecule has 62 heavy (non-hydrogen) atoms. The minimum absolute atomic E-state index is 0.0585. The Kier molecular flexibility index (Phi) is 48.7. The van der Waals surface area contributed by atoms with Gasteiger partial charge in [-0.3, -0.25) is 18.6 Å². The van der Waals surface area contributed by atoms with E-state index in [4.69, 9.17) is 24.3 Å². The van der Waals surface area contributed by atoms with Gasteiger partial charge in [-0.25, -0.2) is 4.57 Å². The zero-order valence-electron chi connectivity index (χ0n) is 41.1. The fourth-order valence-corrected chi connectivity index (χ4v) is 8.99. The minimum Gasteiger partial charge on any atom is -0.462 e. The number of hydrogen-bond acceptors (Lipinski definition) is 8. The zero-order valence-corrected chi connectivity index (χ0v) is 42.0. The molecule has 0 radical (unpaired) electrons. The smallest absolute Gasteiger partial charge is 0.462 e. The van der Waals surface area contributed by atoms with Gasteiger partial charge in [0.05, 0.1) is 13.2 Å². The third-order valence-corrected chi connectivity index (χ3v) is 13.2. The van der Waals surface area contributed by atoms with Crippen molar-refractivity contribution in [1.29, 1.82) is 0 Å². The van der Waals surface area contributed by atoms with Gasteiger partial charge in [0.25, 0.3) is 0 Å². The standard InChI is InChI=1S/C52H104NO8P/c1-3-5-7-9-11-13-15-17-19-21-23-24-25-27-28-30-32-34-36-38-40-42-44-51(54)58-48-50(49-60-62(56,57)59-47-46-53)61-52(55)45-43-41-39-37-35-33-31-29-26-22-20-18-16-14-12-10-8-6-4-2/h50H,3-49,53H2,1-2H3,(H,56,57)/t50-/m1/s1. The van der Waals surface area contributed by atoms with E-state index < -0.39 is 26.5 Å². The highest BCUT2D eigenvalue weighted by Crippen LogP contribution is 2.43. The van der Waals surface area contributed by atoms with Gasteiger partial charge in [0.1, 0.15) is 6.61 Å². The molecule has 0 rings (SSSR count). The molecule has 0 aromatic carbocycles. The quantitative estimate of drug-likeness (QED) is 0.0347. The zero-order chi connectivity index (χ0) is 45.3. The Morgan fingerprint density at radius 1 is 0.419 bits per heavy atom. The molecule has 0 saturated heterocycles. The molecule has 2 atom stereocenters. The summed E-state index contributed by atoms with van der Waals surface area (Å²) < 4.78 is 33.0. The van der Waals surface area contributed by atoms with Crippen LogP contribution in [0.4, 0.5) is 0 Å². The van der Waals surface area contributed by atoms with Crippen molar-refractivity contribution in [2.24, 2.45) is 5.73 Å². The van der Waals surface area contributed by atoms with E-state index in [2.05, 4.69) is 13.8 Å². The van der Waals surface area contributed by atoms with Gasteiger partial charge in [-0.15, -0.1) is 0 Å². The number of carbonyl (C=O) groups excluding carboxylic acids is 2. The van der Waals surface area contributed by atoms with Gasteiger partial charge in [0, 0.05) is 19.4 Å². The summed E-state index contributed by atoms with van der Waals surface area (Å²) in [6, 6.07) is 0. The first kappa shape index (κ1) is 61.0. The van der Waals surface area contributed by atoms with Crippen LogP contribution in [0.3, 0.4) is 0 Å². The lowest BCUT2D eigenvalue weighted by molar-refractivity contribution is -0.161. The summed E-state index contributed by atoms with van der Waals surface area (Å²) in [7, 11) is -4.38. The predicted octanol–water partition coefficient (Wildman–Crippen LogP) is 16.3. The van der Waals surface area contributed by atoms with Crippen molar-refractivity contribution in [3.8, 4) is 0 Å². The Bertz CT molecular complexity index is 984. The van der Waals surface area contributed by atoms with Crippen molar-refractivity contribution in [1.82, 2.24) is 0 Å². The normalized spacial score (nSPS) is 13.0. The first-order valence-electron chi connectivity index (χ1n) is 27.0. The molecule has 0 fully saturated rings. The first-order valence-corrected chi connectivity index (χ1v) is 28.5. The molecule has 0 heterocycles. The Morgan fingerprint density at radius 2 is 0.694 bits per heavy atom. The lowest BCUT2D eigenvalue weighted by Gasteiger charge is -2.19. The fourth-order valence-electron chi connectivity index (χ4n) is 8.23. The highest BCUT2D eigenvalue weighted by atomic mass is 31.2. The average molecular weight is 902 g/mol. The summed E-state index contributed by atoms with van der Waals surface area (Å²) in [6.07, 6.45) is 52.9. The number of rotatable bonds is 52. The van der Waals surface area contributed by atoms with Gasteiger partial charge in [-0.2, -0.15) is 0 Å². The largest absolute Gasteiger partial charge is 0.472 e. The molecule has 1 unspecified atom stereocenters.